The molecule has 1 amide bonds. The largest absolute Gasteiger partial charge is 0.484 e. The van der Waals surface area contributed by atoms with Crippen LogP contribution in [0.5, 0.6) is 5.75 Å². The fourth-order valence-corrected chi connectivity index (χ4v) is 3.72. The van der Waals surface area contributed by atoms with Gasteiger partial charge in [-0.3, -0.25) is 9.48 Å². The van der Waals surface area contributed by atoms with E-state index in [4.69, 9.17) is 55.6 Å². The van der Waals surface area contributed by atoms with Crippen LogP contribution in [0.2, 0.25) is 20.1 Å². The number of furan rings is 1. The molecular weight excluding hydrogens is 496 g/mol. The number of ether oxygens (including phenoxy) is 1. The molecule has 0 bridgehead atoms. The topological polar surface area (TPSA) is 69.3 Å². The monoisotopic (exact) mass is 509 g/mol. The number of nitrogens with one attached hydrogen (secondary N) is 1. The molecular formula is C22H15Cl4N3O3. The van der Waals surface area contributed by atoms with Gasteiger partial charge in [0, 0.05) is 27.9 Å². The van der Waals surface area contributed by atoms with E-state index in [0.29, 0.717) is 44.0 Å². The molecule has 2 heterocycles. The summed E-state index contributed by atoms with van der Waals surface area (Å²) in [6.45, 7) is 0.448. The maximum Gasteiger partial charge on any atom is 0.292 e. The van der Waals surface area contributed by atoms with Gasteiger partial charge in [-0.15, -0.1) is 0 Å². The fraction of sp³-hybridized carbons (Fsp3) is 0.0909. The van der Waals surface area contributed by atoms with Crippen LogP contribution in [0.25, 0.3) is 0 Å². The van der Waals surface area contributed by atoms with E-state index in [1.165, 1.54) is 0 Å². The van der Waals surface area contributed by atoms with Crippen LogP contribution in [0, 0.1) is 0 Å². The van der Waals surface area contributed by atoms with Crippen molar-refractivity contribution in [1.82, 2.24) is 9.78 Å². The summed E-state index contributed by atoms with van der Waals surface area (Å²) in [5.41, 5.74) is 0.743. The van der Waals surface area contributed by atoms with Crippen LogP contribution in [-0.2, 0) is 13.2 Å². The zero-order valence-electron chi connectivity index (χ0n) is 16.3. The van der Waals surface area contributed by atoms with E-state index in [9.17, 15) is 4.79 Å². The molecule has 0 aliphatic heterocycles. The van der Waals surface area contributed by atoms with Gasteiger partial charge >= 0.3 is 0 Å². The van der Waals surface area contributed by atoms with Crippen LogP contribution in [0.15, 0.2) is 65.2 Å². The average molecular weight is 511 g/mol. The summed E-state index contributed by atoms with van der Waals surface area (Å²) >= 11 is 24.5. The van der Waals surface area contributed by atoms with Gasteiger partial charge in [-0.2, -0.15) is 5.10 Å². The number of amides is 1. The number of hydrogen-bond donors (Lipinski definition) is 1. The molecule has 0 spiro atoms. The van der Waals surface area contributed by atoms with Crippen LogP contribution in [0.4, 0.5) is 5.82 Å². The van der Waals surface area contributed by atoms with Crippen LogP contribution < -0.4 is 10.1 Å². The second kappa shape index (κ2) is 9.88. The van der Waals surface area contributed by atoms with E-state index in [-0.39, 0.29) is 12.4 Å². The highest BCUT2D eigenvalue weighted by atomic mass is 35.5. The third kappa shape index (κ3) is 5.22. The number of carbonyl (C=O) groups excluding carboxylic acids is 1. The van der Waals surface area contributed by atoms with Gasteiger partial charge in [0.2, 0.25) is 0 Å². The van der Waals surface area contributed by atoms with Gasteiger partial charge in [0.25, 0.3) is 5.91 Å². The number of nitrogens with zero attached hydrogens (tertiary/aromatic N) is 2. The second-order valence-electron chi connectivity index (χ2n) is 6.66. The second-order valence-corrected chi connectivity index (χ2v) is 8.26. The van der Waals surface area contributed by atoms with E-state index in [2.05, 4.69) is 10.4 Å². The smallest absolute Gasteiger partial charge is 0.292 e. The summed E-state index contributed by atoms with van der Waals surface area (Å²) in [4.78, 5) is 12.5. The Labute approximate surface area is 203 Å². The number of rotatable bonds is 7. The van der Waals surface area contributed by atoms with E-state index < -0.39 is 5.91 Å². The summed E-state index contributed by atoms with van der Waals surface area (Å²) in [7, 11) is 0. The molecule has 0 aliphatic carbocycles. The normalized spacial score (nSPS) is 10.9. The van der Waals surface area contributed by atoms with Crippen molar-refractivity contribution in [1.29, 1.82) is 0 Å². The van der Waals surface area contributed by atoms with Gasteiger partial charge in [-0.25, -0.2) is 0 Å². The zero-order valence-corrected chi connectivity index (χ0v) is 19.3. The Kier molecular flexibility index (Phi) is 6.96. The first-order chi connectivity index (χ1) is 15.4. The van der Waals surface area contributed by atoms with Gasteiger partial charge in [0.1, 0.15) is 23.1 Å². The van der Waals surface area contributed by atoms with E-state index in [1.807, 2.05) is 0 Å². The van der Waals surface area contributed by atoms with Crippen molar-refractivity contribution in [2.75, 3.05) is 5.32 Å². The lowest BCUT2D eigenvalue weighted by atomic mass is 10.2. The lowest BCUT2D eigenvalue weighted by Gasteiger charge is -2.07. The Morgan fingerprint density at radius 3 is 2.47 bits per heavy atom. The van der Waals surface area contributed by atoms with Crippen LogP contribution in [0.1, 0.15) is 21.9 Å². The number of hydrogen-bond acceptors (Lipinski definition) is 4. The molecule has 0 atom stereocenters. The van der Waals surface area contributed by atoms with Crippen molar-refractivity contribution in [3.05, 3.63) is 98.0 Å². The highest BCUT2D eigenvalue weighted by molar-refractivity contribution is 6.42. The van der Waals surface area contributed by atoms with Crippen LogP contribution >= 0.6 is 46.4 Å². The predicted octanol–water partition coefficient (Wildman–Crippen LogP) is 6.97. The highest BCUT2D eigenvalue weighted by Crippen LogP contribution is 2.32. The van der Waals surface area contributed by atoms with Crippen LogP contribution in [-0.4, -0.2) is 15.7 Å². The minimum absolute atomic E-state index is 0.0839. The number of carbonyl (C=O) groups is 1. The molecule has 1 N–H and O–H groups in total. The Morgan fingerprint density at radius 2 is 1.69 bits per heavy atom. The van der Waals surface area contributed by atoms with Crippen molar-refractivity contribution < 1.29 is 13.9 Å². The summed E-state index contributed by atoms with van der Waals surface area (Å²) < 4.78 is 12.8. The third-order valence-electron chi connectivity index (χ3n) is 4.44. The molecule has 2 aromatic heterocycles. The summed E-state index contributed by atoms with van der Waals surface area (Å²) in [6, 6.07) is 15.2. The zero-order chi connectivity index (χ0) is 22.7. The molecule has 0 saturated heterocycles. The highest BCUT2D eigenvalue weighted by Gasteiger charge is 2.15. The van der Waals surface area contributed by atoms with Crippen molar-refractivity contribution >= 4 is 58.1 Å². The molecule has 32 heavy (non-hydrogen) atoms. The number of aromatic nitrogens is 2. The van der Waals surface area contributed by atoms with E-state index in [0.717, 1.165) is 5.56 Å². The average Bonchev–Trinajstić information content (AvgIpc) is 3.41. The van der Waals surface area contributed by atoms with Gasteiger partial charge < -0.3 is 14.5 Å². The fourth-order valence-electron chi connectivity index (χ4n) is 2.86. The van der Waals surface area contributed by atoms with E-state index in [1.54, 1.807) is 65.5 Å². The third-order valence-corrected chi connectivity index (χ3v) is 5.95. The standard InChI is InChI=1S/C22H15Cl4N3O3/c23-15-3-1-4-16(24)14(15)11-29-10-9-20(28-29)27-22(30)19-8-7-13(32-19)12-31-18-6-2-5-17(25)21(18)26/h1-10H,11-12H2,(H,27,28,30). The first-order valence-electron chi connectivity index (χ1n) is 9.34. The van der Waals surface area contributed by atoms with Gasteiger partial charge in [-0.1, -0.05) is 58.5 Å². The maximum atomic E-state index is 12.5. The minimum atomic E-state index is -0.446. The van der Waals surface area contributed by atoms with Crippen molar-refractivity contribution in [2.24, 2.45) is 0 Å². The molecule has 0 unspecified atom stereocenters. The molecule has 0 aliphatic rings. The molecule has 4 rings (SSSR count). The maximum absolute atomic E-state index is 12.5. The number of benzene rings is 2. The molecule has 10 heteroatoms. The molecule has 2 aromatic carbocycles. The van der Waals surface area contributed by atoms with Gasteiger partial charge in [0.05, 0.1) is 11.6 Å². The Morgan fingerprint density at radius 1 is 0.969 bits per heavy atom. The molecule has 0 radical (unpaired) electrons. The first kappa shape index (κ1) is 22.6. The van der Waals surface area contributed by atoms with Crippen LogP contribution in [0.3, 0.4) is 0 Å². The molecule has 6 nitrogen and oxygen atoms in total. The first-order valence-corrected chi connectivity index (χ1v) is 10.8. The van der Waals surface area contributed by atoms with Crippen molar-refractivity contribution in [2.45, 2.75) is 13.2 Å². The summed E-state index contributed by atoms with van der Waals surface area (Å²) in [5, 5.41) is 8.81. The molecule has 0 fully saturated rings. The molecule has 164 valence electrons. The van der Waals surface area contributed by atoms with Crippen molar-refractivity contribution in [3.63, 3.8) is 0 Å². The molecule has 4 aromatic rings. The van der Waals surface area contributed by atoms with Crippen molar-refractivity contribution in [3.8, 4) is 5.75 Å². The quantitative estimate of drug-likeness (QED) is 0.291. The Balaban J connectivity index is 1.37. The minimum Gasteiger partial charge on any atom is -0.484 e. The Bertz CT molecular complexity index is 1250. The number of halogens is 4. The Hall–Kier alpha value is -2.64. The lowest BCUT2D eigenvalue weighted by Crippen LogP contribution is -2.12. The lowest BCUT2D eigenvalue weighted by molar-refractivity contribution is 0.0992. The van der Waals surface area contributed by atoms with E-state index >= 15 is 0 Å². The van der Waals surface area contributed by atoms with Gasteiger partial charge in [-0.05, 0) is 36.4 Å². The molecule has 0 saturated carbocycles. The predicted molar refractivity (Wildman–Crippen MR) is 125 cm³/mol. The summed E-state index contributed by atoms with van der Waals surface area (Å²) in [5.74, 6) is 0.899. The summed E-state index contributed by atoms with van der Waals surface area (Å²) in [6.07, 6.45) is 1.71. The SMILES string of the molecule is O=C(Nc1ccn(Cc2c(Cl)cccc2Cl)n1)c1ccc(COc2cccc(Cl)c2Cl)o1. The number of anilines is 1. The van der Waals surface area contributed by atoms with Gasteiger partial charge in [0.15, 0.2) is 11.6 Å².